The molecule has 424 valence electrons. The number of aliphatic hydroxyl groups excluding tert-OH is 2. The Morgan fingerprint density at radius 1 is 0.675 bits per heavy atom. The van der Waals surface area contributed by atoms with Gasteiger partial charge in [-0.3, -0.25) is 52.7 Å². The van der Waals surface area contributed by atoms with Gasteiger partial charge < -0.3 is 84.3 Å². The third-order valence-corrected chi connectivity index (χ3v) is 12.3. The number of primary amides is 1. The zero-order valence-corrected chi connectivity index (χ0v) is 43.3. The van der Waals surface area contributed by atoms with Crippen LogP contribution in [0.1, 0.15) is 84.4 Å². The van der Waals surface area contributed by atoms with Crippen LogP contribution in [0.4, 0.5) is 0 Å². The second-order valence-corrected chi connectivity index (χ2v) is 18.9. The fourth-order valence-corrected chi connectivity index (χ4v) is 7.85. The van der Waals surface area contributed by atoms with Crippen LogP contribution in [0.3, 0.4) is 0 Å². The van der Waals surface area contributed by atoms with Crippen LogP contribution in [0.2, 0.25) is 0 Å². The van der Waals surface area contributed by atoms with E-state index in [4.69, 9.17) is 16.6 Å². The maximum absolute atomic E-state index is 14.2. The van der Waals surface area contributed by atoms with Gasteiger partial charge in [-0.05, 0) is 57.9 Å². The minimum absolute atomic E-state index is 0.0397. The highest BCUT2D eigenvalue weighted by Gasteiger charge is 2.42. The highest BCUT2D eigenvalue weighted by Crippen LogP contribution is 2.21. The summed E-state index contributed by atoms with van der Waals surface area (Å²) in [4.78, 5) is 165. The Bertz CT molecular complexity index is 2410. The number of carbonyl (C=O) groups excluding carboxylic acids is 10. The first-order chi connectivity index (χ1) is 36.2. The van der Waals surface area contributed by atoms with Crippen molar-refractivity contribution in [2.75, 3.05) is 13.2 Å². The number of aliphatic carboxylic acids is 2. The van der Waals surface area contributed by atoms with Gasteiger partial charge in [-0.1, -0.05) is 44.2 Å². The summed E-state index contributed by atoms with van der Waals surface area (Å²) in [6.45, 7) is 6.09. The van der Waals surface area contributed by atoms with Crippen molar-refractivity contribution < 1.29 is 78.0 Å². The van der Waals surface area contributed by atoms with Crippen molar-refractivity contribution in [2.45, 2.75) is 153 Å². The molecule has 29 nitrogen and oxygen atoms in total. The van der Waals surface area contributed by atoms with E-state index in [1.54, 1.807) is 44.2 Å². The SMILES string of the molecule is CC(C)[C@H](NC(=O)[C@@H]1CCCN1C(=O)[C@@H](NC(=O)[C@H](CCC(=O)O)NC(=O)[C@H](Cc1ccccc1)NC(=O)[C@H](C)NC(=O)[C@H](CCC(N)=O)NC(=O)[C@H](C)NC(=O)[C@@H](N)CO)[C@@H](C)O)C(=O)N[C@@H](Cc1cnc[nH]1)C(=O)O. The molecule has 29 heteroatoms. The fourth-order valence-electron chi connectivity index (χ4n) is 7.85. The molecule has 0 spiro atoms. The van der Waals surface area contributed by atoms with Gasteiger partial charge in [0.15, 0.2) is 0 Å². The van der Waals surface area contributed by atoms with E-state index in [1.807, 2.05) is 0 Å². The zero-order valence-electron chi connectivity index (χ0n) is 43.3. The highest BCUT2D eigenvalue weighted by molar-refractivity contribution is 5.99. The summed E-state index contributed by atoms with van der Waals surface area (Å²) in [6, 6.07) is -6.37. The molecule has 1 saturated heterocycles. The van der Waals surface area contributed by atoms with Crippen molar-refractivity contribution in [2.24, 2.45) is 17.4 Å². The van der Waals surface area contributed by atoms with Crippen molar-refractivity contribution in [3.63, 3.8) is 0 Å². The smallest absolute Gasteiger partial charge is 0.326 e. The number of aromatic amines is 1. The minimum atomic E-state index is -1.78. The number of carbonyl (C=O) groups is 12. The summed E-state index contributed by atoms with van der Waals surface area (Å²) in [6.07, 6.45) is -0.949. The number of nitrogens with two attached hydrogens (primary N) is 2. The Labute approximate surface area is 442 Å². The average molecular weight is 1090 g/mol. The molecule has 11 atom stereocenters. The fraction of sp³-hybridized carbons (Fsp3) is 0.562. The van der Waals surface area contributed by atoms with Gasteiger partial charge in [-0.25, -0.2) is 9.78 Å². The lowest BCUT2D eigenvalue weighted by Crippen LogP contribution is -2.62. The summed E-state index contributed by atoms with van der Waals surface area (Å²) in [7, 11) is 0. The van der Waals surface area contributed by atoms with E-state index < -0.39 is 169 Å². The maximum atomic E-state index is 14.2. The zero-order chi connectivity index (χ0) is 57.7. The molecule has 1 aromatic heterocycles. The van der Waals surface area contributed by atoms with Crippen molar-refractivity contribution in [1.29, 1.82) is 0 Å². The van der Waals surface area contributed by atoms with Crippen molar-refractivity contribution in [3.05, 3.63) is 54.1 Å². The average Bonchev–Trinajstić information content (AvgIpc) is 4.09. The van der Waals surface area contributed by atoms with Crippen LogP contribution >= 0.6 is 0 Å². The number of likely N-dealkylation sites (tertiary alicyclic amines) is 1. The molecule has 77 heavy (non-hydrogen) atoms. The van der Waals surface area contributed by atoms with Crippen molar-refractivity contribution in [1.82, 2.24) is 57.4 Å². The van der Waals surface area contributed by atoms with Gasteiger partial charge in [0.2, 0.25) is 59.1 Å². The van der Waals surface area contributed by atoms with Crippen LogP contribution in [0.25, 0.3) is 0 Å². The lowest BCUT2D eigenvalue weighted by Gasteiger charge is -2.32. The first kappa shape index (κ1) is 63.2. The monoisotopic (exact) mass is 1090 g/mol. The number of hydrogen-bond donors (Lipinski definition) is 15. The number of amides is 10. The van der Waals surface area contributed by atoms with E-state index in [0.29, 0.717) is 11.3 Å². The molecular formula is C48H71N13O16. The minimum Gasteiger partial charge on any atom is -0.481 e. The van der Waals surface area contributed by atoms with E-state index in [0.717, 1.165) is 11.8 Å². The van der Waals surface area contributed by atoms with Crippen molar-refractivity contribution in [3.8, 4) is 0 Å². The third kappa shape index (κ3) is 20.2. The van der Waals surface area contributed by atoms with Gasteiger partial charge in [0.1, 0.15) is 60.4 Å². The molecule has 3 rings (SSSR count). The number of aromatic nitrogens is 2. The molecule has 1 aliphatic heterocycles. The number of nitrogens with zero attached hydrogens (tertiary/aromatic N) is 2. The first-order valence-electron chi connectivity index (χ1n) is 24.8. The molecule has 0 aliphatic carbocycles. The van der Waals surface area contributed by atoms with Crippen LogP contribution < -0.4 is 54.0 Å². The quantitative estimate of drug-likeness (QED) is 0.0335. The summed E-state index contributed by atoms with van der Waals surface area (Å²) in [5, 5.41) is 58.8. The first-order valence-corrected chi connectivity index (χ1v) is 24.8. The molecule has 0 bridgehead atoms. The number of imidazole rings is 1. The largest absolute Gasteiger partial charge is 0.481 e. The van der Waals surface area contributed by atoms with E-state index in [-0.39, 0.29) is 38.6 Å². The molecule has 1 fully saturated rings. The van der Waals surface area contributed by atoms with E-state index in [9.17, 15) is 72.9 Å². The molecule has 2 aromatic rings. The Balaban J connectivity index is 1.81. The van der Waals surface area contributed by atoms with E-state index in [2.05, 4.69) is 52.5 Å². The second-order valence-electron chi connectivity index (χ2n) is 18.9. The number of hydrogen-bond acceptors (Lipinski definition) is 16. The third-order valence-electron chi connectivity index (χ3n) is 12.3. The molecular weight excluding hydrogens is 1010 g/mol. The molecule has 17 N–H and O–H groups in total. The van der Waals surface area contributed by atoms with Crippen LogP contribution in [0, 0.1) is 5.92 Å². The van der Waals surface area contributed by atoms with Crippen LogP contribution in [0.15, 0.2) is 42.9 Å². The number of carboxylic acids is 2. The normalized spacial score (nSPS) is 17.0. The number of rotatable bonds is 31. The predicted molar refractivity (Wildman–Crippen MR) is 268 cm³/mol. The topological polar surface area (TPSA) is 466 Å². The Morgan fingerprint density at radius 2 is 1.22 bits per heavy atom. The second kappa shape index (κ2) is 30.5. The number of H-pyrrole nitrogens is 1. The molecule has 2 heterocycles. The Morgan fingerprint density at radius 3 is 1.75 bits per heavy atom. The number of benzene rings is 1. The molecule has 0 unspecified atom stereocenters. The number of aliphatic hydroxyl groups is 2. The highest BCUT2D eigenvalue weighted by atomic mass is 16.4. The summed E-state index contributed by atoms with van der Waals surface area (Å²) >= 11 is 0. The van der Waals surface area contributed by atoms with Gasteiger partial charge in [0.25, 0.3) is 0 Å². The number of carboxylic acid groups (broad SMARTS) is 2. The van der Waals surface area contributed by atoms with Crippen LogP contribution in [-0.4, -0.2) is 186 Å². The lowest BCUT2D eigenvalue weighted by atomic mass is 10.0. The van der Waals surface area contributed by atoms with Gasteiger partial charge in [0.05, 0.1) is 19.0 Å². The van der Waals surface area contributed by atoms with Crippen LogP contribution in [0.5, 0.6) is 0 Å². The molecule has 1 aromatic carbocycles. The van der Waals surface area contributed by atoms with Crippen molar-refractivity contribution >= 4 is 71.0 Å². The Kier molecular flexibility index (Phi) is 25.0. The maximum Gasteiger partial charge on any atom is 0.326 e. The van der Waals surface area contributed by atoms with Gasteiger partial charge in [-0.15, -0.1) is 0 Å². The summed E-state index contributed by atoms with van der Waals surface area (Å²) in [5.41, 5.74) is 11.7. The van der Waals surface area contributed by atoms with Gasteiger partial charge >= 0.3 is 11.9 Å². The molecule has 1 aliphatic rings. The Hall–Kier alpha value is -8.05. The lowest BCUT2D eigenvalue weighted by molar-refractivity contribution is -0.145. The van der Waals surface area contributed by atoms with E-state index in [1.165, 1.54) is 26.4 Å². The molecule has 10 amide bonds. The molecule has 0 radical (unpaired) electrons. The number of nitrogens with one attached hydrogen (secondary N) is 9. The summed E-state index contributed by atoms with van der Waals surface area (Å²) < 4.78 is 0. The molecule has 0 saturated carbocycles. The standard InChI is InChI=1S/C48H71N13O16/c1-23(2)37(46(74)58-33(48(76)77)19-28-20-51-22-52-28)59-45(73)34-12-9-17-61(34)47(75)38(26(5)63)60-43(71)31(14-16-36(65)66)56-44(72)32(18-27-10-7-6-8-11-27)57-40(68)25(4)54-42(70)30(13-15-35(50)64)55-39(67)24(3)53-41(69)29(49)21-62/h6-8,10-11,20,22-26,29-34,37-38,62-63H,9,12-19,21,49H2,1-5H3,(H2,50,64)(H,51,52)(H,53,69)(H,54,70)(H,55,67)(H,56,72)(H,57,68)(H,58,74)(H,59,73)(H,60,71)(H,65,66)(H,76,77)/t24-,25-,26+,29-,30-,31-,32-,33-,34-,37-,38-/m0/s1. The van der Waals surface area contributed by atoms with Crippen LogP contribution in [-0.2, 0) is 70.4 Å². The van der Waals surface area contributed by atoms with Gasteiger partial charge in [0, 0.05) is 44.1 Å². The predicted octanol–water partition coefficient (Wildman–Crippen LogP) is -5.32. The summed E-state index contributed by atoms with van der Waals surface area (Å²) in [5.74, 6) is -12.6. The van der Waals surface area contributed by atoms with Gasteiger partial charge in [-0.2, -0.15) is 0 Å². The van der Waals surface area contributed by atoms with E-state index >= 15 is 0 Å².